The van der Waals surface area contributed by atoms with Crippen molar-refractivity contribution < 1.29 is 0 Å². The quantitative estimate of drug-likeness (QED) is 0.355. The van der Waals surface area contributed by atoms with Gasteiger partial charge in [-0.2, -0.15) is 0 Å². The Bertz CT molecular complexity index is 319. The number of rotatable bonds is 6. The molecular weight excluding hydrogens is 415 g/mol. The van der Waals surface area contributed by atoms with Gasteiger partial charge in [0.05, 0.1) is 0 Å². The SMILES string of the molecule is C[Si](C)(C)[CH2][Sn]([CH2][Si](C)(C)C)([CH]1CCCCC1)[CH]1CCCCC1. The van der Waals surface area contributed by atoms with Crippen molar-refractivity contribution in [3.63, 3.8) is 0 Å². The van der Waals surface area contributed by atoms with Gasteiger partial charge in [0.1, 0.15) is 0 Å². The minimum absolute atomic E-state index is 0.945. The third-order valence-electron chi connectivity index (χ3n) is 6.56. The Balaban J connectivity index is 2.37. The number of hydrogen-bond acceptors (Lipinski definition) is 0. The van der Waals surface area contributed by atoms with E-state index in [1.807, 2.05) is 8.12 Å². The second kappa shape index (κ2) is 8.28. The van der Waals surface area contributed by atoms with Crippen molar-refractivity contribution in [2.45, 2.75) is 119 Å². The molecule has 2 rings (SSSR count). The molecule has 3 heteroatoms. The normalized spacial score (nSPS) is 23.2. The zero-order valence-corrected chi connectivity index (χ0v) is 22.0. The molecule has 0 bridgehead atoms. The van der Waals surface area contributed by atoms with Gasteiger partial charge in [0.25, 0.3) is 0 Å². The molecule has 0 amide bonds. The summed E-state index contributed by atoms with van der Waals surface area (Å²) >= 11 is -2.10. The van der Waals surface area contributed by atoms with Crippen LogP contribution in [0.2, 0.25) is 55.3 Å². The molecule has 0 unspecified atom stereocenters. The minimum atomic E-state index is -2.10. The van der Waals surface area contributed by atoms with Crippen LogP contribution in [0.4, 0.5) is 0 Å². The Kier molecular flexibility index (Phi) is 7.40. The van der Waals surface area contributed by atoms with Gasteiger partial charge in [-0.05, 0) is 0 Å². The molecule has 2 aliphatic rings. The maximum atomic E-state index is 2.70. The van der Waals surface area contributed by atoms with E-state index < -0.39 is 34.5 Å². The van der Waals surface area contributed by atoms with Gasteiger partial charge in [0.2, 0.25) is 0 Å². The molecule has 0 spiro atoms. The Morgan fingerprint density at radius 1 is 0.565 bits per heavy atom. The molecule has 0 aromatic carbocycles. The molecule has 0 N–H and O–H groups in total. The molecule has 2 aliphatic carbocycles. The molecule has 2 fully saturated rings. The van der Waals surface area contributed by atoms with Gasteiger partial charge in [0, 0.05) is 0 Å². The molecule has 0 nitrogen and oxygen atoms in total. The maximum absolute atomic E-state index is 2.70. The van der Waals surface area contributed by atoms with Crippen LogP contribution in [0, 0.1) is 0 Å². The third-order valence-corrected chi connectivity index (χ3v) is 52.0. The van der Waals surface area contributed by atoms with E-state index in [1.54, 1.807) is 64.2 Å². The van der Waals surface area contributed by atoms with Gasteiger partial charge < -0.3 is 0 Å². The monoisotopic (exact) mass is 460 g/mol. The predicted octanol–water partition coefficient (Wildman–Crippen LogP) is 7.86. The predicted molar refractivity (Wildman–Crippen MR) is 116 cm³/mol. The Labute approximate surface area is 153 Å². The van der Waals surface area contributed by atoms with Crippen molar-refractivity contribution in [2.24, 2.45) is 0 Å². The molecule has 23 heavy (non-hydrogen) atoms. The fourth-order valence-electron chi connectivity index (χ4n) is 6.30. The Morgan fingerprint density at radius 2 is 0.870 bits per heavy atom. The van der Waals surface area contributed by atoms with Crippen molar-refractivity contribution in [1.82, 2.24) is 0 Å². The van der Waals surface area contributed by atoms with Crippen LogP contribution < -0.4 is 0 Å². The molecule has 136 valence electrons. The molecule has 0 radical (unpaired) electrons. The summed E-state index contributed by atoms with van der Waals surface area (Å²) in [6, 6.07) is 0. The topological polar surface area (TPSA) is 0 Å². The van der Waals surface area contributed by atoms with Crippen LogP contribution in [0.3, 0.4) is 0 Å². The van der Waals surface area contributed by atoms with Crippen LogP contribution in [-0.4, -0.2) is 34.5 Å². The fraction of sp³-hybridized carbons (Fsp3) is 1.00. The average Bonchev–Trinajstić information content (AvgIpc) is 2.45. The summed E-state index contributed by atoms with van der Waals surface area (Å²) in [6.07, 6.45) is 16.0. The van der Waals surface area contributed by atoms with E-state index in [1.165, 1.54) is 7.87 Å². The van der Waals surface area contributed by atoms with E-state index >= 15 is 0 Å². The Hall–Kier alpha value is 1.23. The molecule has 0 aromatic rings. The van der Waals surface area contributed by atoms with E-state index in [2.05, 4.69) is 39.3 Å². The third kappa shape index (κ3) is 6.16. The van der Waals surface area contributed by atoms with Crippen LogP contribution in [0.15, 0.2) is 0 Å². The van der Waals surface area contributed by atoms with Crippen LogP contribution in [-0.2, 0) is 0 Å². The second-order valence-corrected chi connectivity index (χ2v) is 40.1. The first-order valence-electron chi connectivity index (χ1n) is 10.6. The summed E-state index contributed by atoms with van der Waals surface area (Å²) in [7, 11) is -1.89. The van der Waals surface area contributed by atoms with Gasteiger partial charge >= 0.3 is 154 Å². The van der Waals surface area contributed by atoms with Gasteiger partial charge in [-0.1, -0.05) is 0 Å². The number of hydrogen-bond donors (Lipinski definition) is 0. The van der Waals surface area contributed by atoms with E-state index in [9.17, 15) is 0 Å². The second-order valence-electron chi connectivity index (χ2n) is 11.4. The fourth-order valence-corrected chi connectivity index (χ4v) is 69.6. The molecule has 0 aliphatic heterocycles. The van der Waals surface area contributed by atoms with Crippen molar-refractivity contribution >= 4 is 34.5 Å². The van der Waals surface area contributed by atoms with Crippen molar-refractivity contribution in [3.8, 4) is 0 Å². The molecule has 0 saturated heterocycles. The van der Waals surface area contributed by atoms with Gasteiger partial charge in [-0.3, -0.25) is 0 Å². The molecule has 2 saturated carbocycles. The zero-order valence-electron chi connectivity index (χ0n) is 17.1. The first kappa shape index (κ1) is 20.5. The summed E-state index contributed by atoms with van der Waals surface area (Å²) < 4.78 is 6.22. The summed E-state index contributed by atoms with van der Waals surface area (Å²) in [4.78, 5) is 0. The van der Waals surface area contributed by atoms with Crippen molar-refractivity contribution in [2.75, 3.05) is 0 Å². The first-order chi connectivity index (χ1) is 10.6. The summed E-state index contributed by atoms with van der Waals surface area (Å²) in [6.45, 7) is 16.2. The van der Waals surface area contributed by atoms with Crippen molar-refractivity contribution in [1.29, 1.82) is 0 Å². The van der Waals surface area contributed by atoms with Crippen LogP contribution in [0.25, 0.3) is 0 Å². The molecular formula is C20H44Si2Sn. The van der Waals surface area contributed by atoms with Crippen LogP contribution >= 0.6 is 0 Å². The van der Waals surface area contributed by atoms with E-state index in [-0.39, 0.29) is 0 Å². The van der Waals surface area contributed by atoms with Crippen LogP contribution in [0.1, 0.15) is 64.2 Å². The molecule has 0 aromatic heterocycles. The van der Waals surface area contributed by atoms with E-state index in [0.29, 0.717) is 0 Å². The Morgan fingerprint density at radius 3 is 1.13 bits per heavy atom. The summed E-state index contributed by atoms with van der Waals surface area (Å²) in [5.41, 5.74) is 0. The average molecular weight is 459 g/mol. The van der Waals surface area contributed by atoms with Gasteiger partial charge in [0.15, 0.2) is 0 Å². The van der Waals surface area contributed by atoms with Gasteiger partial charge in [-0.25, -0.2) is 0 Å². The summed E-state index contributed by atoms with van der Waals surface area (Å²) in [5.74, 6) is 0. The zero-order chi connectivity index (χ0) is 17.1. The van der Waals surface area contributed by atoms with Crippen LogP contribution in [0.5, 0.6) is 0 Å². The van der Waals surface area contributed by atoms with Crippen molar-refractivity contribution in [3.05, 3.63) is 0 Å². The van der Waals surface area contributed by atoms with E-state index in [4.69, 9.17) is 0 Å². The standard InChI is InChI=1S/2C6H11.2C4H11Si.Sn/c2*1-2-4-6-5-3-1;2*1-5(2,3)4;/h2*1H,2-6H2;2*1H2,2-4H3;. The molecule has 0 atom stereocenters. The summed E-state index contributed by atoms with van der Waals surface area (Å²) in [5, 5.41) is 0. The van der Waals surface area contributed by atoms with E-state index in [0.717, 1.165) is 0 Å². The first-order valence-corrected chi connectivity index (χ1v) is 25.4. The van der Waals surface area contributed by atoms with Gasteiger partial charge in [-0.15, -0.1) is 0 Å². The molecule has 0 heterocycles.